The minimum Gasteiger partial charge on any atom is -0.356 e. The van der Waals surface area contributed by atoms with Crippen molar-refractivity contribution in [2.45, 2.75) is 0 Å². The van der Waals surface area contributed by atoms with Gasteiger partial charge in [-0.3, -0.25) is 9.59 Å². The van der Waals surface area contributed by atoms with Crippen molar-refractivity contribution in [3.8, 4) is 0 Å². The van der Waals surface area contributed by atoms with Gasteiger partial charge in [0.1, 0.15) is 0 Å². The summed E-state index contributed by atoms with van der Waals surface area (Å²) in [5, 5.41) is 4.81. The Labute approximate surface area is 71.3 Å². The molecule has 12 heavy (non-hydrogen) atoms. The highest BCUT2D eigenvalue weighted by molar-refractivity contribution is 5.89. The maximum atomic E-state index is 10.6. The molecule has 0 atom stereocenters. The Kier molecular flexibility index (Phi) is 5.34. The topological polar surface area (TPSA) is 58.2 Å². The largest absolute Gasteiger partial charge is 0.356 e. The number of allylic oxidation sites excluding steroid dienone is 2. The fourth-order valence-electron chi connectivity index (χ4n) is 0.453. The summed E-state index contributed by atoms with van der Waals surface area (Å²) in [6.07, 6.45) is 5.65. The fourth-order valence-corrected chi connectivity index (χ4v) is 0.453. The van der Waals surface area contributed by atoms with E-state index in [0.29, 0.717) is 0 Å². The van der Waals surface area contributed by atoms with Crippen molar-refractivity contribution in [3.63, 3.8) is 0 Å². The Morgan fingerprint density at radius 3 is 1.50 bits per heavy atom. The number of nitrogens with one attached hydrogen (secondary N) is 2. The van der Waals surface area contributed by atoms with Crippen molar-refractivity contribution in [1.29, 1.82) is 0 Å². The molecule has 0 aliphatic heterocycles. The number of hydrogen-bond donors (Lipinski definition) is 2. The van der Waals surface area contributed by atoms with E-state index in [4.69, 9.17) is 0 Å². The Morgan fingerprint density at radius 1 is 0.917 bits per heavy atom. The number of likely N-dealkylation sites (N-methyl/N-ethyl adjacent to an activating group) is 2. The maximum Gasteiger partial charge on any atom is 0.243 e. The first-order valence-corrected chi connectivity index (χ1v) is 3.49. The highest BCUT2D eigenvalue weighted by Gasteiger charge is 1.86. The van der Waals surface area contributed by atoms with Gasteiger partial charge in [0.2, 0.25) is 11.8 Å². The molecule has 2 amide bonds. The monoisotopic (exact) mass is 168 g/mol. The third kappa shape index (κ3) is 5.22. The number of hydrogen-bond acceptors (Lipinski definition) is 2. The van der Waals surface area contributed by atoms with Gasteiger partial charge in [-0.2, -0.15) is 0 Å². The van der Waals surface area contributed by atoms with Gasteiger partial charge in [0, 0.05) is 26.2 Å². The lowest BCUT2D eigenvalue weighted by molar-refractivity contribution is -0.116. The van der Waals surface area contributed by atoms with E-state index in [0.717, 1.165) is 0 Å². The predicted molar refractivity (Wildman–Crippen MR) is 46.4 cm³/mol. The lowest BCUT2D eigenvalue weighted by Crippen LogP contribution is -2.14. The summed E-state index contributed by atoms with van der Waals surface area (Å²) in [4.78, 5) is 21.2. The van der Waals surface area contributed by atoms with Crippen molar-refractivity contribution in [2.75, 3.05) is 14.1 Å². The minimum absolute atomic E-state index is 0.198. The SMILES string of the molecule is CNC(=O)/C=C\C=C/C(=O)NC. The van der Waals surface area contributed by atoms with Crippen molar-refractivity contribution in [1.82, 2.24) is 10.6 Å². The Hall–Kier alpha value is -1.58. The summed E-state index contributed by atoms with van der Waals surface area (Å²) >= 11 is 0. The molecule has 0 aromatic heterocycles. The molecule has 0 aliphatic carbocycles. The third-order valence-corrected chi connectivity index (χ3v) is 1.10. The quantitative estimate of drug-likeness (QED) is 0.444. The van der Waals surface area contributed by atoms with Crippen molar-refractivity contribution >= 4 is 11.8 Å². The molecule has 0 saturated heterocycles. The van der Waals surface area contributed by atoms with Gasteiger partial charge in [-0.05, 0) is 0 Å². The molecule has 0 aromatic rings. The lowest BCUT2D eigenvalue weighted by Gasteiger charge is -1.87. The van der Waals surface area contributed by atoms with Crippen molar-refractivity contribution in [2.24, 2.45) is 0 Å². The van der Waals surface area contributed by atoms with Gasteiger partial charge in [0.05, 0.1) is 0 Å². The van der Waals surface area contributed by atoms with Crippen LogP contribution in [0, 0.1) is 0 Å². The van der Waals surface area contributed by atoms with Crippen molar-refractivity contribution < 1.29 is 9.59 Å². The molecule has 0 fully saturated rings. The van der Waals surface area contributed by atoms with E-state index in [2.05, 4.69) is 10.6 Å². The molecule has 2 N–H and O–H groups in total. The van der Waals surface area contributed by atoms with Crippen LogP contribution in [0.2, 0.25) is 0 Å². The lowest BCUT2D eigenvalue weighted by atomic mass is 10.4. The van der Waals surface area contributed by atoms with Gasteiger partial charge in [0.15, 0.2) is 0 Å². The Bertz CT molecular complexity index is 195. The Morgan fingerprint density at radius 2 is 1.25 bits per heavy atom. The van der Waals surface area contributed by atoms with Crippen LogP contribution in [0.25, 0.3) is 0 Å². The van der Waals surface area contributed by atoms with Crippen LogP contribution in [0.5, 0.6) is 0 Å². The highest BCUT2D eigenvalue weighted by Crippen LogP contribution is 1.77. The molecule has 4 heteroatoms. The number of carbonyl (C=O) groups excluding carboxylic acids is 2. The molecule has 0 saturated carbocycles. The molecule has 0 radical (unpaired) electrons. The van der Waals surface area contributed by atoms with Crippen LogP contribution in [0.3, 0.4) is 0 Å². The standard InChI is InChI=1S/C8H12N2O2/c1-9-7(11)5-3-4-6-8(12)10-2/h3-6H,1-2H3,(H,9,11)(H,10,12)/b5-3-,6-4-. The van der Waals surface area contributed by atoms with E-state index in [-0.39, 0.29) is 11.8 Å². The first-order chi connectivity index (χ1) is 5.70. The first-order valence-electron chi connectivity index (χ1n) is 3.49. The molecule has 0 aromatic carbocycles. The summed E-state index contributed by atoms with van der Waals surface area (Å²) in [5.41, 5.74) is 0. The molecule has 66 valence electrons. The molecule has 0 rings (SSSR count). The van der Waals surface area contributed by atoms with Crippen LogP contribution in [-0.4, -0.2) is 25.9 Å². The summed E-state index contributed by atoms with van der Waals surface area (Å²) < 4.78 is 0. The fraction of sp³-hybridized carbons (Fsp3) is 0.250. The molecular weight excluding hydrogens is 156 g/mol. The van der Waals surface area contributed by atoms with Crippen LogP contribution < -0.4 is 10.6 Å². The second kappa shape index (κ2) is 6.15. The molecule has 0 unspecified atom stereocenters. The zero-order valence-electron chi connectivity index (χ0n) is 7.13. The Balaban J connectivity index is 3.81. The van der Waals surface area contributed by atoms with E-state index in [1.165, 1.54) is 38.4 Å². The zero-order valence-corrected chi connectivity index (χ0v) is 7.13. The molecule has 0 heterocycles. The van der Waals surface area contributed by atoms with Crippen LogP contribution >= 0.6 is 0 Å². The van der Waals surface area contributed by atoms with Gasteiger partial charge >= 0.3 is 0 Å². The maximum absolute atomic E-state index is 10.6. The van der Waals surface area contributed by atoms with Gasteiger partial charge in [-0.25, -0.2) is 0 Å². The van der Waals surface area contributed by atoms with Gasteiger partial charge in [-0.15, -0.1) is 0 Å². The van der Waals surface area contributed by atoms with Crippen LogP contribution in [0.15, 0.2) is 24.3 Å². The van der Waals surface area contributed by atoms with Crippen LogP contribution in [0.1, 0.15) is 0 Å². The average molecular weight is 168 g/mol. The van der Waals surface area contributed by atoms with Gasteiger partial charge in [-0.1, -0.05) is 12.2 Å². The molecular formula is C8H12N2O2. The highest BCUT2D eigenvalue weighted by atomic mass is 16.2. The minimum atomic E-state index is -0.198. The van der Waals surface area contributed by atoms with E-state index < -0.39 is 0 Å². The smallest absolute Gasteiger partial charge is 0.243 e. The third-order valence-electron chi connectivity index (χ3n) is 1.10. The summed E-state index contributed by atoms with van der Waals surface area (Å²) in [6.45, 7) is 0. The van der Waals surface area contributed by atoms with Gasteiger partial charge < -0.3 is 10.6 Å². The molecule has 0 bridgehead atoms. The summed E-state index contributed by atoms with van der Waals surface area (Å²) in [7, 11) is 3.07. The summed E-state index contributed by atoms with van der Waals surface area (Å²) in [6, 6.07) is 0. The van der Waals surface area contributed by atoms with E-state index >= 15 is 0 Å². The van der Waals surface area contributed by atoms with Crippen LogP contribution in [-0.2, 0) is 9.59 Å². The predicted octanol–water partition coefficient (Wildman–Crippen LogP) is -0.409. The average Bonchev–Trinajstić information content (AvgIpc) is 2.11. The molecule has 0 spiro atoms. The van der Waals surface area contributed by atoms with Crippen molar-refractivity contribution in [3.05, 3.63) is 24.3 Å². The van der Waals surface area contributed by atoms with E-state index in [9.17, 15) is 9.59 Å². The first kappa shape index (κ1) is 10.4. The second-order valence-corrected chi connectivity index (χ2v) is 1.95. The zero-order chi connectivity index (χ0) is 9.40. The molecule has 0 aliphatic rings. The normalized spacial score (nSPS) is 10.5. The van der Waals surface area contributed by atoms with Crippen LogP contribution in [0.4, 0.5) is 0 Å². The van der Waals surface area contributed by atoms with E-state index in [1.54, 1.807) is 0 Å². The molecule has 4 nitrogen and oxygen atoms in total. The number of carbonyl (C=O) groups is 2. The van der Waals surface area contributed by atoms with E-state index in [1.807, 2.05) is 0 Å². The number of amides is 2. The van der Waals surface area contributed by atoms with Gasteiger partial charge in [0.25, 0.3) is 0 Å². The second-order valence-electron chi connectivity index (χ2n) is 1.95. The summed E-state index contributed by atoms with van der Waals surface area (Å²) in [5.74, 6) is -0.395. The number of rotatable bonds is 3.